The summed E-state index contributed by atoms with van der Waals surface area (Å²) in [7, 11) is -5.09. The van der Waals surface area contributed by atoms with E-state index >= 15 is 0 Å². The van der Waals surface area contributed by atoms with Crippen molar-refractivity contribution in [2.75, 3.05) is 0 Å². The summed E-state index contributed by atoms with van der Waals surface area (Å²) in [5.41, 5.74) is 10.6. The van der Waals surface area contributed by atoms with Gasteiger partial charge in [0.15, 0.2) is 0 Å². The van der Waals surface area contributed by atoms with Gasteiger partial charge in [-0.2, -0.15) is 0 Å². The number of benzene rings is 2. The topological polar surface area (TPSA) is 6.48 Å². The van der Waals surface area contributed by atoms with Crippen LogP contribution in [0, 0.1) is 0 Å². The first-order valence-electron chi connectivity index (χ1n) is 12.8. The van der Waals surface area contributed by atoms with E-state index in [0.717, 1.165) is 0 Å². The van der Waals surface area contributed by atoms with E-state index in [4.69, 9.17) is 0 Å². The summed E-state index contributed by atoms with van der Waals surface area (Å²) in [4.78, 5) is 0. The third-order valence-corrected chi connectivity index (χ3v) is 20.0. The van der Waals surface area contributed by atoms with Gasteiger partial charge in [0.25, 0.3) is 0 Å². The molecule has 2 aromatic rings. The second-order valence-electron chi connectivity index (χ2n) is 13.5. The molecule has 8 heteroatoms. The molecule has 0 aliphatic rings. The van der Waals surface area contributed by atoms with E-state index < -0.39 is 32.6 Å². The average molecular weight is 670 g/mol. The molecule has 0 bridgehead atoms. The van der Waals surface area contributed by atoms with E-state index in [-0.39, 0.29) is 0 Å². The van der Waals surface area contributed by atoms with Crippen LogP contribution in [0.4, 0.5) is 0 Å². The van der Waals surface area contributed by atoms with Crippen LogP contribution in [0.25, 0.3) is 11.4 Å². The zero-order valence-electron chi connectivity index (χ0n) is 24.8. The summed E-state index contributed by atoms with van der Waals surface area (Å²) in [6, 6.07) is 21.6. The van der Waals surface area contributed by atoms with Crippen molar-refractivity contribution in [2.45, 2.75) is 78.6 Å². The minimum absolute atomic E-state index is 1.23. The van der Waals surface area contributed by atoms with Crippen LogP contribution in [0.5, 0.6) is 0 Å². The molecule has 0 saturated heterocycles. The molecular weight excluding hydrogens is 622 g/mol. The normalized spacial score (nSPS) is 13.6. The van der Waals surface area contributed by atoms with Gasteiger partial charge >= 0.3 is 246 Å². The van der Waals surface area contributed by atoms with Crippen LogP contribution < -0.4 is 0 Å². The maximum atomic E-state index is 2.53. The number of hydrogen-bond donors (Lipinski definition) is 0. The van der Waals surface area contributed by atoms with E-state index in [1.54, 1.807) is 0 Å². The first-order valence-corrected chi connectivity index (χ1v) is 28.7. The Bertz CT molecular complexity index is 915. The molecule has 2 rings (SSSR count). The van der Waals surface area contributed by atoms with Crippen LogP contribution in [0.2, 0.25) is 78.6 Å². The van der Waals surface area contributed by atoms with Crippen LogP contribution in [0.3, 0.4) is 0 Å². The molecule has 0 aromatic heterocycles. The summed E-state index contributed by atoms with van der Waals surface area (Å²) >= 11 is 4.51. The Morgan fingerprint density at radius 3 is 0.944 bits per heavy atom. The van der Waals surface area contributed by atoms with Crippen molar-refractivity contribution in [3.8, 4) is 0 Å². The molecule has 2 nitrogen and oxygen atoms in total. The zero-order chi connectivity index (χ0) is 27.9. The van der Waals surface area contributed by atoms with Crippen LogP contribution in [0.1, 0.15) is 11.1 Å². The molecule has 0 fully saturated rings. The van der Waals surface area contributed by atoms with Crippen molar-refractivity contribution in [2.24, 2.45) is 0 Å². The van der Waals surface area contributed by atoms with Crippen molar-refractivity contribution in [1.82, 2.24) is 7.05 Å². The van der Waals surface area contributed by atoms with Gasteiger partial charge in [-0.25, -0.2) is 0 Å². The molecule has 0 aliphatic carbocycles. The van der Waals surface area contributed by atoms with Gasteiger partial charge in [0.1, 0.15) is 0 Å². The molecule has 0 atom stereocenters. The first kappa shape index (κ1) is 33.5. The van der Waals surface area contributed by atoms with Crippen LogP contribution >= 0.6 is 0 Å². The monoisotopic (exact) mass is 672 g/mol. The fourth-order valence-electron chi connectivity index (χ4n) is 3.31. The van der Waals surface area contributed by atoms with Crippen LogP contribution in [-0.4, -0.2) is 73.1 Å². The summed E-state index contributed by atoms with van der Waals surface area (Å²) in [6.07, 6.45) is 0. The molecule has 6 radical (unpaired) electrons. The van der Waals surface area contributed by atoms with Gasteiger partial charge in [0, 0.05) is 0 Å². The fraction of sp³-hybridized carbons (Fsp3) is 0.429. The van der Waals surface area contributed by atoms with E-state index in [2.05, 4.69) is 191 Å². The number of hydrogen-bond acceptors (Lipinski definition) is 2. The molecule has 0 unspecified atom stereocenters. The predicted molar refractivity (Wildman–Crippen MR) is 177 cm³/mol. The molecule has 2 aromatic carbocycles. The van der Waals surface area contributed by atoms with Crippen molar-refractivity contribution >= 4 is 77.5 Å². The molecule has 0 aliphatic heterocycles. The Morgan fingerprint density at radius 2 is 0.750 bits per heavy atom. The quantitative estimate of drug-likeness (QED) is 0.261. The summed E-state index contributed by atoms with van der Waals surface area (Å²) in [5, 5.41) is 0. The molecular formula is C28H48Ge2N2Si4. The van der Waals surface area contributed by atoms with E-state index in [1.165, 1.54) is 22.5 Å². The summed E-state index contributed by atoms with van der Waals surface area (Å²) in [6.45, 7) is 28.8. The second kappa shape index (κ2) is 13.5. The Kier molecular flexibility index (Phi) is 12.6. The van der Waals surface area contributed by atoms with Gasteiger partial charge in [0.05, 0.1) is 0 Å². The van der Waals surface area contributed by atoms with Gasteiger partial charge in [0.2, 0.25) is 0 Å². The molecule has 0 saturated carbocycles. The van der Waals surface area contributed by atoms with E-state index in [1.807, 2.05) is 0 Å². The molecule has 0 N–H and O–H groups in total. The van der Waals surface area contributed by atoms with E-state index in [9.17, 15) is 0 Å². The molecule has 0 heterocycles. The standard InChI is InChI=1S/2C14H24GeNSi2/c2*1-17(2,3)12-14(16(15)18(4,5)6)13-10-8-7-9-11-13/h2*7-12H,1-6H3/b2*14-12+. The van der Waals surface area contributed by atoms with Gasteiger partial charge in [-0.1, -0.05) is 0 Å². The van der Waals surface area contributed by atoms with E-state index in [0.29, 0.717) is 0 Å². The molecule has 36 heavy (non-hydrogen) atoms. The van der Waals surface area contributed by atoms with Gasteiger partial charge < -0.3 is 0 Å². The third kappa shape index (κ3) is 12.3. The van der Waals surface area contributed by atoms with Crippen LogP contribution in [-0.2, 0) is 0 Å². The third-order valence-electron chi connectivity index (χ3n) is 5.10. The van der Waals surface area contributed by atoms with Crippen molar-refractivity contribution in [1.29, 1.82) is 0 Å². The SMILES string of the molecule is C[Si](C)(C)/C=C(\c1ccccc1)[N]([Ge])[Si](C)(C)C.C[Si](C)(C)/C=C(\c1ccccc1)[N]([Ge])[Si](C)(C)C. The van der Waals surface area contributed by atoms with Gasteiger partial charge in [-0.3, -0.25) is 0 Å². The Labute approximate surface area is 244 Å². The first-order chi connectivity index (χ1) is 16.2. The average Bonchev–Trinajstić information content (AvgIpc) is 2.74. The van der Waals surface area contributed by atoms with Crippen molar-refractivity contribution < 1.29 is 0 Å². The second-order valence-corrected chi connectivity index (χ2v) is 36.9. The molecule has 194 valence electrons. The molecule has 0 amide bonds. The van der Waals surface area contributed by atoms with Gasteiger partial charge in [-0.15, -0.1) is 0 Å². The molecule has 0 spiro atoms. The summed E-state index contributed by atoms with van der Waals surface area (Å²) < 4.78 is 5.06. The van der Waals surface area contributed by atoms with Crippen molar-refractivity contribution in [3.63, 3.8) is 0 Å². The van der Waals surface area contributed by atoms with Gasteiger partial charge in [-0.05, 0) is 0 Å². The Hall–Kier alpha value is -0.527. The Morgan fingerprint density at radius 1 is 0.500 bits per heavy atom. The number of nitrogens with zero attached hydrogens (tertiary/aromatic N) is 2. The van der Waals surface area contributed by atoms with Crippen molar-refractivity contribution in [3.05, 3.63) is 83.2 Å². The number of rotatable bonds is 8. The van der Waals surface area contributed by atoms with Crippen LogP contribution in [0.15, 0.2) is 72.1 Å². The Balaban J connectivity index is 0.000000360. The maximum absolute atomic E-state index is 2.53. The minimum atomic E-state index is -1.32. The summed E-state index contributed by atoms with van der Waals surface area (Å²) in [5.74, 6) is 0. The fourth-order valence-corrected chi connectivity index (χ4v) is 8.99. The zero-order valence-corrected chi connectivity index (χ0v) is 33.0. The predicted octanol–water partition coefficient (Wildman–Crippen LogP) is 8.25.